The molecule has 0 unspecified atom stereocenters. The van der Waals surface area contributed by atoms with Gasteiger partial charge in [0.25, 0.3) is 0 Å². The van der Waals surface area contributed by atoms with Gasteiger partial charge in [0.15, 0.2) is 0 Å². The number of nitrogens with zero attached hydrogens (tertiary/aromatic N) is 5. The average molecular weight is 875 g/mol. The Kier molecular flexibility index (Phi) is 6.46. The minimum atomic E-state index is -0.181. The molecule has 0 radical (unpaired) electrons. The summed E-state index contributed by atoms with van der Waals surface area (Å²) >= 11 is 0. The molecule has 7 heteroatoms. The van der Waals surface area contributed by atoms with Gasteiger partial charge in [-0.25, -0.2) is 4.98 Å². The molecule has 0 amide bonds. The number of hydrogen-bond donors (Lipinski definition) is 0. The van der Waals surface area contributed by atoms with Crippen molar-refractivity contribution < 1.29 is 25.8 Å². The fourth-order valence-corrected chi connectivity index (χ4v) is 9.04. The van der Waals surface area contributed by atoms with Gasteiger partial charge in [0.05, 0.1) is 16.7 Å². The van der Waals surface area contributed by atoms with E-state index in [9.17, 15) is 0 Å². The number of pyridine rings is 2. The Bertz CT molecular complexity index is 3350. The normalized spacial score (nSPS) is 13.4. The van der Waals surface area contributed by atoms with Crippen LogP contribution in [0.2, 0.25) is 0 Å². The van der Waals surface area contributed by atoms with Crippen LogP contribution in [0.3, 0.4) is 0 Å². The van der Waals surface area contributed by atoms with E-state index in [0.29, 0.717) is 11.5 Å². The van der Waals surface area contributed by atoms with Gasteiger partial charge in [-0.05, 0) is 46.7 Å². The Hall–Kier alpha value is -6.23. The van der Waals surface area contributed by atoms with Crippen molar-refractivity contribution in [1.29, 1.82) is 0 Å². The second kappa shape index (κ2) is 11.1. The predicted molar refractivity (Wildman–Crippen MR) is 213 cm³/mol. The number of ether oxygens (including phenoxy) is 1. The average Bonchev–Trinajstić information content (AvgIpc) is 3.91. The molecule has 54 heavy (non-hydrogen) atoms. The second-order valence-corrected chi connectivity index (χ2v) is 14.5. The van der Waals surface area contributed by atoms with Crippen LogP contribution in [-0.2, 0) is 26.5 Å². The van der Waals surface area contributed by atoms with Crippen LogP contribution in [0, 0.1) is 12.1 Å². The summed E-state index contributed by atoms with van der Waals surface area (Å²) in [6.45, 7) is 4.56. The summed E-state index contributed by atoms with van der Waals surface area (Å²) in [5, 5.41) is 7.82. The van der Waals surface area contributed by atoms with Crippen LogP contribution >= 0.6 is 0 Å². The number of aromatic nitrogens is 5. The summed E-state index contributed by atoms with van der Waals surface area (Å²) < 4.78 is 13.4. The Balaban J connectivity index is 0.00000341. The van der Waals surface area contributed by atoms with E-state index in [1.807, 2.05) is 30.6 Å². The molecule has 12 rings (SSSR count). The number of hydrogen-bond acceptors (Lipinski definition) is 3. The first kappa shape index (κ1) is 31.3. The van der Waals surface area contributed by atoms with Gasteiger partial charge in [-0.15, -0.1) is 29.7 Å². The minimum absolute atomic E-state index is 0. The standard InChI is InChI=1S/C47H29N5O.Pt/c1-47(2)37-14-8-13-33-32-20-18-30(27-41(32)52(43(33)37)46-38(47)15-9-23-48-46)53-29-17-19-31-34-21-22-40-42(44(34)50-25-24-49-45(50)36(31)26-29)35-12-6-7-16-39(35)51(40)28-10-4-3-5-11-28;/h3-25H,1-2H3;/q-2;+2. The van der Waals surface area contributed by atoms with Crippen LogP contribution in [0.4, 0.5) is 0 Å². The molecule has 258 valence electrons. The van der Waals surface area contributed by atoms with Crippen molar-refractivity contribution in [2.45, 2.75) is 19.3 Å². The predicted octanol–water partition coefficient (Wildman–Crippen LogP) is 11.3. The number of imidazole rings is 1. The van der Waals surface area contributed by atoms with Crippen molar-refractivity contribution in [2.24, 2.45) is 0 Å². The topological polar surface area (TPSA) is 49.3 Å². The third kappa shape index (κ3) is 4.04. The summed E-state index contributed by atoms with van der Waals surface area (Å²) in [5.41, 5.74) is 9.83. The number of fused-ring (bicyclic) bond motifs is 15. The van der Waals surface area contributed by atoms with Gasteiger partial charge < -0.3 is 18.3 Å². The van der Waals surface area contributed by atoms with E-state index in [1.54, 1.807) is 0 Å². The molecule has 6 nitrogen and oxygen atoms in total. The van der Waals surface area contributed by atoms with Gasteiger partial charge in [0, 0.05) is 68.6 Å². The first-order chi connectivity index (χ1) is 26.1. The van der Waals surface area contributed by atoms with Crippen molar-refractivity contribution in [3.05, 3.63) is 163 Å². The zero-order valence-electron chi connectivity index (χ0n) is 29.2. The zero-order valence-corrected chi connectivity index (χ0v) is 31.5. The number of benzene rings is 6. The van der Waals surface area contributed by atoms with Crippen LogP contribution in [0.5, 0.6) is 11.5 Å². The van der Waals surface area contributed by atoms with E-state index in [1.165, 1.54) is 38.3 Å². The van der Waals surface area contributed by atoms with Crippen molar-refractivity contribution in [3.63, 3.8) is 0 Å². The Morgan fingerprint density at radius 3 is 2.20 bits per heavy atom. The van der Waals surface area contributed by atoms with E-state index in [-0.39, 0.29) is 26.5 Å². The van der Waals surface area contributed by atoms with Gasteiger partial charge in [0.2, 0.25) is 0 Å². The quantitative estimate of drug-likeness (QED) is 0.131. The molecule has 0 atom stereocenters. The van der Waals surface area contributed by atoms with E-state index >= 15 is 0 Å². The molecule has 0 saturated carbocycles. The number of para-hydroxylation sites is 3. The summed E-state index contributed by atoms with van der Waals surface area (Å²) in [5.74, 6) is 2.16. The molecule has 1 aliphatic rings. The van der Waals surface area contributed by atoms with Gasteiger partial charge in [-0.3, -0.25) is 4.98 Å². The van der Waals surface area contributed by atoms with Gasteiger partial charge >= 0.3 is 21.1 Å². The maximum absolute atomic E-state index is 6.60. The molecule has 6 aromatic carbocycles. The maximum Gasteiger partial charge on any atom is 2.00 e. The minimum Gasteiger partial charge on any atom is -0.503 e. The first-order valence-electron chi connectivity index (χ1n) is 17.9. The Morgan fingerprint density at radius 2 is 1.31 bits per heavy atom. The molecule has 0 bridgehead atoms. The van der Waals surface area contributed by atoms with Crippen molar-refractivity contribution in [2.75, 3.05) is 0 Å². The Labute approximate surface area is 324 Å². The molecule has 0 fully saturated rings. The van der Waals surface area contributed by atoms with Gasteiger partial charge in [-0.1, -0.05) is 103 Å². The van der Waals surface area contributed by atoms with Gasteiger partial charge in [-0.2, -0.15) is 6.07 Å². The SMILES string of the molecule is CC1(C)c2cccnc2-n2c3[c-]c(Oc4[c-]c5c(cc4)c4ccc6c(c7ccccc7n6-c6ccccc6)c4n4ccnc54)ccc3c3cccc1c32.[Pt+2]. The molecule has 0 spiro atoms. The molecule has 6 heterocycles. The van der Waals surface area contributed by atoms with Crippen molar-refractivity contribution in [1.82, 2.24) is 23.5 Å². The molecule has 0 N–H and O–H groups in total. The summed E-state index contributed by atoms with van der Waals surface area (Å²) in [6.07, 6.45) is 5.80. The molecule has 1 aliphatic heterocycles. The largest absolute Gasteiger partial charge is 2.00 e. The second-order valence-electron chi connectivity index (χ2n) is 14.5. The van der Waals surface area contributed by atoms with Crippen LogP contribution in [0.25, 0.3) is 82.4 Å². The number of rotatable bonds is 3. The van der Waals surface area contributed by atoms with E-state index in [4.69, 9.17) is 14.7 Å². The van der Waals surface area contributed by atoms with Crippen LogP contribution in [0.15, 0.2) is 140 Å². The van der Waals surface area contributed by atoms with E-state index in [2.05, 4.69) is 149 Å². The Morgan fingerprint density at radius 1 is 0.574 bits per heavy atom. The third-order valence-electron chi connectivity index (χ3n) is 11.4. The van der Waals surface area contributed by atoms with Crippen molar-refractivity contribution >= 4 is 70.9 Å². The summed E-state index contributed by atoms with van der Waals surface area (Å²) in [4.78, 5) is 9.78. The fourth-order valence-electron chi connectivity index (χ4n) is 9.04. The third-order valence-corrected chi connectivity index (χ3v) is 11.4. The molecule has 11 aromatic rings. The van der Waals surface area contributed by atoms with Crippen LogP contribution in [0.1, 0.15) is 25.0 Å². The van der Waals surface area contributed by atoms with Crippen LogP contribution in [-0.4, -0.2) is 23.5 Å². The van der Waals surface area contributed by atoms with Crippen LogP contribution < -0.4 is 4.74 Å². The summed E-state index contributed by atoms with van der Waals surface area (Å²) in [7, 11) is 0. The fraction of sp³-hybridized carbons (Fsp3) is 0.0638. The van der Waals surface area contributed by atoms with Crippen molar-refractivity contribution in [3.8, 4) is 23.0 Å². The van der Waals surface area contributed by atoms with E-state index < -0.39 is 0 Å². The molecular weight excluding hydrogens is 846 g/mol. The molecule has 0 aliphatic carbocycles. The molecular formula is C47H29N5OPt. The monoisotopic (exact) mass is 874 g/mol. The zero-order chi connectivity index (χ0) is 35.0. The molecule has 0 saturated heterocycles. The maximum atomic E-state index is 6.60. The molecule has 5 aromatic heterocycles. The first-order valence-corrected chi connectivity index (χ1v) is 17.9. The van der Waals surface area contributed by atoms with E-state index in [0.717, 1.165) is 55.2 Å². The van der Waals surface area contributed by atoms with Gasteiger partial charge in [0.1, 0.15) is 5.82 Å². The smallest absolute Gasteiger partial charge is 0.503 e. The summed E-state index contributed by atoms with van der Waals surface area (Å²) in [6, 6.07) is 50.0.